The smallest absolute Gasteiger partial charge is 0.237 e. The van der Waals surface area contributed by atoms with Gasteiger partial charge in [0.25, 0.3) is 0 Å². The molecule has 0 aliphatic heterocycles. The molecule has 1 rings (SSSR count). The summed E-state index contributed by atoms with van der Waals surface area (Å²) in [5.41, 5.74) is -2.10. The molecule has 0 N–H and O–H groups in total. The van der Waals surface area contributed by atoms with Crippen molar-refractivity contribution in [1.29, 1.82) is 0 Å². The Morgan fingerprint density at radius 3 is 1.84 bits per heavy atom. The van der Waals surface area contributed by atoms with Gasteiger partial charge >= 0.3 is 6.18 Å². The zero-order chi connectivity index (χ0) is 15.2. The summed E-state index contributed by atoms with van der Waals surface area (Å²) in [5, 5.41) is 6.68. The topological polar surface area (TPSA) is 30.7 Å². The number of alkyl halides is 8. The Morgan fingerprint density at radius 2 is 1.53 bits per heavy atom. The van der Waals surface area contributed by atoms with Crippen molar-refractivity contribution in [3.05, 3.63) is 11.4 Å². The SMILES string of the molecule is CC(C)n1nnc(C(Cl)(Cl)C(Cl)(Cl)Cl)c1C(F)(F)F. The predicted molar refractivity (Wildman–Crippen MR) is 69.1 cm³/mol. The maximum atomic E-state index is 13.1. The highest BCUT2D eigenvalue weighted by molar-refractivity contribution is 6.75. The zero-order valence-corrected chi connectivity index (χ0v) is 13.2. The lowest BCUT2D eigenvalue weighted by molar-refractivity contribution is -0.145. The molecule has 0 aromatic carbocycles. The number of rotatable bonds is 2. The number of halogens is 8. The molecule has 0 radical (unpaired) electrons. The molecule has 11 heteroatoms. The fourth-order valence-corrected chi connectivity index (χ4v) is 1.79. The van der Waals surface area contributed by atoms with Crippen molar-refractivity contribution < 1.29 is 13.2 Å². The van der Waals surface area contributed by atoms with Crippen molar-refractivity contribution in [3.63, 3.8) is 0 Å². The summed E-state index contributed by atoms with van der Waals surface area (Å²) in [6, 6.07) is -0.627. The van der Waals surface area contributed by atoms with E-state index in [1.807, 2.05) is 0 Å². The van der Waals surface area contributed by atoms with Gasteiger partial charge in [0.2, 0.25) is 8.13 Å². The molecule has 110 valence electrons. The monoisotopic (exact) mass is 377 g/mol. The summed E-state index contributed by atoms with van der Waals surface area (Å²) in [6.45, 7) is 2.96. The van der Waals surface area contributed by atoms with Gasteiger partial charge in [-0.3, -0.25) is 0 Å². The highest BCUT2D eigenvalue weighted by atomic mass is 35.6. The molecule has 1 aromatic heterocycles. The fraction of sp³-hybridized carbons (Fsp3) is 0.750. The van der Waals surface area contributed by atoms with E-state index in [4.69, 9.17) is 58.0 Å². The summed E-state index contributed by atoms with van der Waals surface area (Å²) in [6.07, 6.45) is -4.80. The molecule has 0 bridgehead atoms. The number of hydrogen-bond donors (Lipinski definition) is 0. The summed E-state index contributed by atoms with van der Waals surface area (Å²) >= 11 is 27.9. The predicted octanol–water partition coefficient (Wildman–Crippen LogP) is 4.88. The van der Waals surface area contributed by atoms with Gasteiger partial charge in [0.1, 0.15) is 5.69 Å². The summed E-state index contributed by atoms with van der Waals surface area (Å²) < 4.78 is 34.9. The lowest BCUT2D eigenvalue weighted by Crippen LogP contribution is -2.32. The molecule has 0 aliphatic rings. The first kappa shape index (κ1) is 17.4. The molecule has 0 spiro atoms. The van der Waals surface area contributed by atoms with Crippen LogP contribution in [0.4, 0.5) is 13.2 Å². The third-order valence-electron chi connectivity index (χ3n) is 2.11. The minimum absolute atomic E-state index is 0.616. The second-order valence-electron chi connectivity index (χ2n) is 3.89. The van der Waals surface area contributed by atoms with Crippen LogP contribution in [0.5, 0.6) is 0 Å². The Bertz CT molecular complexity index is 463. The molecule has 0 amide bonds. The summed E-state index contributed by atoms with van der Waals surface area (Å²) in [5.74, 6) is 0. The summed E-state index contributed by atoms with van der Waals surface area (Å²) in [4.78, 5) is 0. The zero-order valence-electron chi connectivity index (χ0n) is 9.44. The van der Waals surface area contributed by atoms with Gasteiger partial charge in [-0.25, -0.2) is 4.68 Å². The number of hydrogen-bond acceptors (Lipinski definition) is 2. The molecule has 0 aliphatic carbocycles. The molecule has 19 heavy (non-hydrogen) atoms. The third kappa shape index (κ3) is 3.35. The summed E-state index contributed by atoms with van der Waals surface area (Å²) in [7, 11) is 0. The Hall–Kier alpha value is 0.380. The Kier molecular flexibility index (Phi) is 4.86. The van der Waals surface area contributed by atoms with Crippen LogP contribution < -0.4 is 0 Å². The molecule has 0 fully saturated rings. The van der Waals surface area contributed by atoms with Gasteiger partial charge in [-0.15, -0.1) is 5.10 Å². The molecule has 3 nitrogen and oxygen atoms in total. The second-order valence-corrected chi connectivity index (χ2v) is 7.50. The molecule has 0 saturated carbocycles. The van der Waals surface area contributed by atoms with Crippen molar-refractivity contribution in [3.8, 4) is 0 Å². The quantitative estimate of drug-likeness (QED) is 0.686. The van der Waals surface area contributed by atoms with Gasteiger partial charge in [0, 0.05) is 6.04 Å². The normalized spacial score (nSPS) is 14.3. The van der Waals surface area contributed by atoms with Gasteiger partial charge in [0.15, 0.2) is 5.69 Å². The van der Waals surface area contributed by atoms with E-state index in [1.54, 1.807) is 0 Å². The van der Waals surface area contributed by atoms with Gasteiger partial charge < -0.3 is 0 Å². The van der Waals surface area contributed by atoms with Gasteiger partial charge in [0.05, 0.1) is 0 Å². The molecule has 0 atom stereocenters. The van der Waals surface area contributed by atoms with Crippen LogP contribution in [-0.2, 0) is 10.5 Å². The van der Waals surface area contributed by atoms with Crippen molar-refractivity contribution in [1.82, 2.24) is 15.0 Å². The van der Waals surface area contributed by atoms with Crippen LogP contribution in [0.25, 0.3) is 0 Å². The van der Waals surface area contributed by atoms with E-state index in [0.29, 0.717) is 4.68 Å². The van der Waals surface area contributed by atoms with E-state index in [9.17, 15) is 13.2 Å². The molecule has 1 aromatic rings. The van der Waals surface area contributed by atoms with Crippen LogP contribution in [0.3, 0.4) is 0 Å². The Balaban J connectivity index is 3.55. The van der Waals surface area contributed by atoms with Crippen LogP contribution in [0.15, 0.2) is 0 Å². The van der Waals surface area contributed by atoms with E-state index in [-0.39, 0.29) is 0 Å². The first-order valence-electron chi connectivity index (χ1n) is 4.77. The lowest BCUT2D eigenvalue weighted by Gasteiger charge is -2.26. The van der Waals surface area contributed by atoms with E-state index < -0.39 is 31.7 Å². The van der Waals surface area contributed by atoms with Crippen molar-refractivity contribution in [2.75, 3.05) is 0 Å². The van der Waals surface area contributed by atoms with E-state index in [0.717, 1.165) is 0 Å². The van der Waals surface area contributed by atoms with E-state index in [2.05, 4.69) is 10.3 Å². The van der Waals surface area contributed by atoms with Gasteiger partial charge in [-0.05, 0) is 13.8 Å². The van der Waals surface area contributed by atoms with E-state index >= 15 is 0 Å². The minimum atomic E-state index is -4.80. The van der Waals surface area contributed by atoms with Crippen LogP contribution >= 0.6 is 58.0 Å². The molecule has 0 unspecified atom stereocenters. The highest BCUT2D eigenvalue weighted by Gasteiger charge is 2.55. The molecule has 0 saturated heterocycles. The average Bonchev–Trinajstić information content (AvgIpc) is 2.58. The number of aromatic nitrogens is 3. The first-order valence-corrected chi connectivity index (χ1v) is 6.66. The Morgan fingerprint density at radius 1 is 1.05 bits per heavy atom. The maximum Gasteiger partial charge on any atom is 0.435 e. The van der Waals surface area contributed by atoms with Crippen molar-refractivity contribution in [2.24, 2.45) is 0 Å². The van der Waals surface area contributed by atoms with Crippen LogP contribution in [0.1, 0.15) is 31.3 Å². The lowest BCUT2D eigenvalue weighted by atomic mass is 10.2. The molecular formula is C8H7Cl5F3N3. The second kappa shape index (κ2) is 5.30. The first-order chi connectivity index (χ1) is 8.30. The van der Waals surface area contributed by atoms with Gasteiger partial charge in [-0.1, -0.05) is 63.2 Å². The maximum absolute atomic E-state index is 13.1. The van der Waals surface area contributed by atoms with Crippen LogP contribution in [-0.4, -0.2) is 18.8 Å². The number of nitrogens with zero attached hydrogens (tertiary/aromatic N) is 3. The molecular weight excluding hydrogens is 372 g/mol. The van der Waals surface area contributed by atoms with Crippen LogP contribution in [0, 0.1) is 0 Å². The average molecular weight is 379 g/mol. The van der Waals surface area contributed by atoms with Crippen molar-refractivity contribution >= 4 is 58.0 Å². The van der Waals surface area contributed by atoms with Gasteiger partial charge in [-0.2, -0.15) is 13.2 Å². The standard InChI is InChI=1S/C8H7Cl5F3N3/c1-3(2)19-5(7(14,15)16)4(17-18-19)6(9,10)8(11,12)13/h3H,1-2H3. The fourth-order valence-electron chi connectivity index (χ4n) is 1.26. The largest absolute Gasteiger partial charge is 0.435 e. The van der Waals surface area contributed by atoms with Crippen molar-refractivity contribution in [2.45, 2.75) is 34.2 Å². The Labute approximate surface area is 131 Å². The minimum Gasteiger partial charge on any atom is -0.237 e. The van der Waals surface area contributed by atoms with E-state index in [1.165, 1.54) is 13.8 Å². The highest BCUT2D eigenvalue weighted by Crippen LogP contribution is 2.54. The third-order valence-corrected chi connectivity index (χ3v) is 4.46. The molecule has 1 heterocycles. The van der Waals surface area contributed by atoms with Crippen LogP contribution in [0.2, 0.25) is 0 Å².